The van der Waals surface area contributed by atoms with Gasteiger partial charge in [-0.1, -0.05) is 30.3 Å². The number of hydrogen-bond donors (Lipinski definition) is 0. The van der Waals surface area contributed by atoms with Crippen LogP contribution in [0.5, 0.6) is 0 Å². The van der Waals surface area contributed by atoms with Crippen molar-refractivity contribution in [3.63, 3.8) is 0 Å². The van der Waals surface area contributed by atoms with Crippen LogP contribution in [0.3, 0.4) is 0 Å². The summed E-state index contributed by atoms with van der Waals surface area (Å²) in [6.07, 6.45) is 0.116. The van der Waals surface area contributed by atoms with Crippen molar-refractivity contribution in [2.75, 3.05) is 33.8 Å². The molecular weight excluding hydrogens is 292 g/mol. The molecule has 0 N–H and O–H groups in total. The monoisotopic (exact) mass is 316 g/mol. The molecule has 1 aliphatic heterocycles. The molecule has 0 bridgehead atoms. The second kappa shape index (κ2) is 7.21. The van der Waals surface area contributed by atoms with Crippen molar-refractivity contribution in [2.24, 2.45) is 0 Å². The van der Waals surface area contributed by atoms with Gasteiger partial charge in [0.1, 0.15) is 0 Å². The van der Waals surface area contributed by atoms with Crippen LogP contribution in [0.1, 0.15) is 23.4 Å². The lowest BCUT2D eigenvalue weighted by molar-refractivity contribution is -0.0747. The maximum absolute atomic E-state index is 6.08. The first-order valence-electron chi connectivity index (χ1n) is 7.98. The first-order valence-corrected chi connectivity index (χ1v) is 7.98. The summed E-state index contributed by atoms with van der Waals surface area (Å²) < 4.78 is 11.5. The van der Waals surface area contributed by atoms with Crippen LogP contribution in [0.4, 0.5) is 0 Å². The molecule has 124 valence electrons. The molecule has 1 fully saturated rings. The molecular formula is C17H24N4O2. The van der Waals surface area contributed by atoms with E-state index in [1.54, 1.807) is 6.92 Å². The highest BCUT2D eigenvalue weighted by Crippen LogP contribution is 2.28. The van der Waals surface area contributed by atoms with Crippen LogP contribution in [0.15, 0.2) is 34.7 Å². The molecule has 1 aromatic heterocycles. The molecule has 0 unspecified atom stereocenters. The third-order valence-corrected chi connectivity index (χ3v) is 4.21. The Labute approximate surface area is 137 Å². The Hall–Kier alpha value is -1.76. The summed E-state index contributed by atoms with van der Waals surface area (Å²) in [6.45, 7) is 4.96. The zero-order valence-electron chi connectivity index (χ0n) is 14.0. The van der Waals surface area contributed by atoms with Gasteiger partial charge in [0.15, 0.2) is 0 Å². The highest BCUT2D eigenvalue weighted by Gasteiger charge is 2.32. The molecule has 2 aromatic rings. The van der Waals surface area contributed by atoms with Crippen molar-refractivity contribution in [2.45, 2.75) is 25.6 Å². The molecule has 6 nitrogen and oxygen atoms in total. The van der Waals surface area contributed by atoms with Crippen LogP contribution in [0.25, 0.3) is 0 Å². The number of ether oxygens (including phenoxy) is 1. The zero-order valence-corrected chi connectivity index (χ0v) is 14.0. The number of likely N-dealkylation sites (N-methyl/N-ethyl adjacent to an activating group) is 2. The van der Waals surface area contributed by atoms with Gasteiger partial charge in [-0.3, -0.25) is 9.80 Å². The lowest BCUT2D eigenvalue weighted by atomic mass is 9.98. The van der Waals surface area contributed by atoms with E-state index < -0.39 is 0 Å². The van der Waals surface area contributed by atoms with E-state index in [1.807, 2.05) is 6.07 Å². The predicted octanol–water partition coefficient (Wildman–Crippen LogP) is 1.88. The molecule has 2 atom stereocenters. The number of aromatic nitrogens is 2. The zero-order chi connectivity index (χ0) is 16.2. The van der Waals surface area contributed by atoms with Crippen molar-refractivity contribution in [1.82, 2.24) is 20.0 Å². The van der Waals surface area contributed by atoms with E-state index in [2.05, 4.69) is 58.4 Å². The highest BCUT2D eigenvalue weighted by atomic mass is 16.5. The van der Waals surface area contributed by atoms with E-state index in [1.165, 1.54) is 5.56 Å². The summed E-state index contributed by atoms with van der Waals surface area (Å²) in [4.78, 5) is 4.54. The third kappa shape index (κ3) is 3.96. The SMILES string of the molecule is Cc1nnc(CN(C)C[C@@H]2OCCN(C)[C@H]2c2ccccc2)o1. The molecule has 6 heteroatoms. The molecule has 0 saturated carbocycles. The van der Waals surface area contributed by atoms with Gasteiger partial charge in [-0.2, -0.15) is 0 Å². The minimum absolute atomic E-state index is 0.116. The van der Waals surface area contributed by atoms with Gasteiger partial charge in [-0.15, -0.1) is 10.2 Å². The van der Waals surface area contributed by atoms with Gasteiger partial charge in [0.25, 0.3) is 0 Å². The van der Waals surface area contributed by atoms with Crippen LogP contribution in [-0.4, -0.2) is 59.9 Å². The fraction of sp³-hybridized carbons (Fsp3) is 0.529. The Balaban J connectivity index is 1.68. The summed E-state index contributed by atoms with van der Waals surface area (Å²) in [5.41, 5.74) is 1.29. The first kappa shape index (κ1) is 16.1. The van der Waals surface area contributed by atoms with Gasteiger partial charge in [-0.05, 0) is 19.7 Å². The summed E-state index contributed by atoms with van der Waals surface area (Å²) in [6, 6.07) is 10.8. The number of benzene rings is 1. The van der Waals surface area contributed by atoms with Gasteiger partial charge in [-0.25, -0.2) is 0 Å². The van der Waals surface area contributed by atoms with Crippen molar-refractivity contribution < 1.29 is 9.15 Å². The third-order valence-electron chi connectivity index (χ3n) is 4.21. The molecule has 1 aromatic carbocycles. The molecule has 0 amide bonds. The molecule has 0 aliphatic carbocycles. The quantitative estimate of drug-likeness (QED) is 0.839. The maximum Gasteiger partial charge on any atom is 0.230 e. The van der Waals surface area contributed by atoms with E-state index >= 15 is 0 Å². The first-order chi connectivity index (χ1) is 11.1. The van der Waals surface area contributed by atoms with E-state index in [0.29, 0.717) is 18.3 Å². The molecule has 23 heavy (non-hydrogen) atoms. The number of hydrogen-bond acceptors (Lipinski definition) is 6. The van der Waals surface area contributed by atoms with Gasteiger partial charge in [0.2, 0.25) is 11.8 Å². The Morgan fingerprint density at radius 1 is 1.26 bits per heavy atom. The Bertz CT molecular complexity index is 616. The van der Waals surface area contributed by atoms with Gasteiger partial charge in [0.05, 0.1) is 25.3 Å². The molecule has 0 spiro atoms. The lowest BCUT2D eigenvalue weighted by Gasteiger charge is -2.40. The molecule has 2 heterocycles. The molecule has 1 saturated heterocycles. The van der Waals surface area contributed by atoms with Gasteiger partial charge >= 0.3 is 0 Å². The Morgan fingerprint density at radius 3 is 2.74 bits per heavy atom. The predicted molar refractivity (Wildman–Crippen MR) is 86.9 cm³/mol. The standard InChI is InChI=1S/C17H24N4O2/c1-13-18-19-16(23-13)12-20(2)11-15-17(21(3)9-10-22-15)14-7-5-4-6-8-14/h4-8,15,17H,9-12H2,1-3H3/t15-,17-/m0/s1. The molecule has 3 rings (SSSR count). The normalized spacial score (nSPS) is 22.6. The van der Waals surface area contributed by atoms with Crippen LogP contribution >= 0.6 is 0 Å². The second-order valence-electron chi connectivity index (χ2n) is 6.16. The smallest absolute Gasteiger partial charge is 0.230 e. The number of morpholine rings is 1. The van der Waals surface area contributed by atoms with E-state index in [0.717, 1.165) is 19.7 Å². The van der Waals surface area contributed by atoms with Gasteiger partial charge in [0, 0.05) is 20.0 Å². The van der Waals surface area contributed by atoms with Crippen LogP contribution in [0.2, 0.25) is 0 Å². The minimum Gasteiger partial charge on any atom is -0.424 e. The Kier molecular flexibility index (Phi) is 5.05. The summed E-state index contributed by atoms with van der Waals surface area (Å²) >= 11 is 0. The summed E-state index contributed by atoms with van der Waals surface area (Å²) in [5, 5.41) is 7.94. The number of aryl methyl sites for hydroxylation is 1. The highest BCUT2D eigenvalue weighted by molar-refractivity contribution is 5.21. The fourth-order valence-electron chi connectivity index (χ4n) is 3.14. The largest absolute Gasteiger partial charge is 0.424 e. The number of nitrogens with zero attached hydrogens (tertiary/aromatic N) is 4. The van der Waals surface area contributed by atoms with E-state index in [4.69, 9.17) is 9.15 Å². The van der Waals surface area contributed by atoms with Crippen LogP contribution < -0.4 is 0 Å². The average Bonchev–Trinajstić information content (AvgIpc) is 2.93. The molecule has 1 aliphatic rings. The van der Waals surface area contributed by atoms with Crippen molar-refractivity contribution >= 4 is 0 Å². The Morgan fingerprint density at radius 2 is 2.04 bits per heavy atom. The van der Waals surface area contributed by atoms with Crippen LogP contribution in [-0.2, 0) is 11.3 Å². The second-order valence-corrected chi connectivity index (χ2v) is 6.16. The average molecular weight is 316 g/mol. The van der Waals surface area contributed by atoms with Crippen molar-refractivity contribution in [1.29, 1.82) is 0 Å². The molecule has 0 radical (unpaired) electrons. The minimum atomic E-state index is 0.116. The van der Waals surface area contributed by atoms with Crippen molar-refractivity contribution in [3.05, 3.63) is 47.7 Å². The summed E-state index contributed by atoms with van der Waals surface area (Å²) in [7, 11) is 4.22. The fourth-order valence-corrected chi connectivity index (χ4v) is 3.14. The van der Waals surface area contributed by atoms with Crippen molar-refractivity contribution in [3.8, 4) is 0 Å². The van der Waals surface area contributed by atoms with Gasteiger partial charge < -0.3 is 9.15 Å². The number of rotatable bonds is 5. The van der Waals surface area contributed by atoms with E-state index in [-0.39, 0.29) is 12.1 Å². The maximum atomic E-state index is 6.08. The summed E-state index contributed by atoms with van der Waals surface area (Å²) in [5.74, 6) is 1.25. The van der Waals surface area contributed by atoms with E-state index in [9.17, 15) is 0 Å². The topological polar surface area (TPSA) is 54.6 Å². The lowest BCUT2D eigenvalue weighted by Crippen LogP contribution is -2.47. The van der Waals surface area contributed by atoms with Crippen LogP contribution in [0, 0.1) is 6.92 Å².